The fourth-order valence-corrected chi connectivity index (χ4v) is 3.07. The minimum absolute atomic E-state index is 0.104. The lowest BCUT2D eigenvalue weighted by Gasteiger charge is -2.24. The maximum Gasteiger partial charge on any atom is 0.330 e. The van der Waals surface area contributed by atoms with Gasteiger partial charge in [-0.25, -0.2) is 4.79 Å². The summed E-state index contributed by atoms with van der Waals surface area (Å²) in [5.41, 5.74) is -0.104. The summed E-state index contributed by atoms with van der Waals surface area (Å²) >= 11 is 0. The number of ether oxygens (including phenoxy) is 1. The van der Waals surface area contributed by atoms with Gasteiger partial charge < -0.3 is 10.1 Å². The van der Waals surface area contributed by atoms with E-state index >= 15 is 0 Å². The van der Waals surface area contributed by atoms with Crippen molar-refractivity contribution in [2.24, 2.45) is 11.3 Å². The Morgan fingerprint density at radius 2 is 2.12 bits per heavy atom. The fourth-order valence-electron chi connectivity index (χ4n) is 3.07. The number of nitrogens with one attached hydrogen (secondary N) is 1. The van der Waals surface area contributed by atoms with Gasteiger partial charge in [0, 0.05) is 11.5 Å². The summed E-state index contributed by atoms with van der Waals surface area (Å²) in [4.78, 5) is 22.9. The van der Waals surface area contributed by atoms with Crippen LogP contribution in [-0.2, 0) is 14.3 Å². The van der Waals surface area contributed by atoms with Crippen molar-refractivity contribution in [2.75, 3.05) is 13.2 Å². The van der Waals surface area contributed by atoms with E-state index in [1.165, 1.54) is 12.8 Å². The molecule has 0 aromatic carbocycles. The number of carbonyl (C=O) groups excluding carboxylic acids is 2. The Kier molecular flexibility index (Phi) is 3.50. The van der Waals surface area contributed by atoms with Crippen LogP contribution >= 0.6 is 0 Å². The minimum Gasteiger partial charge on any atom is -0.461 e. The first-order valence-corrected chi connectivity index (χ1v) is 6.24. The average Bonchev–Trinajstić information content (AvgIpc) is 2.95. The molecule has 0 heterocycles. The summed E-state index contributed by atoms with van der Waals surface area (Å²) in [6.07, 6.45) is 6.61. The number of esters is 1. The van der Waals surface area contributed by atoms with Crippen LogP contribution in [0.1, 0.15) is 32.1 Å². The smallest absolute Gasteiger partial charge is 0.330 e. The fraction of sp³-hybridized carbons (Fsp3) is 0.692. The zero-order valence-corrected chi connectivity index (χ0v) is 10.0. The number of hydrogen-bond acceptors (Lipinski definition) is 3. The van der Waals surface area contributed by atoms with E-state index in [0.29, 0.717) is 6.54 Å². The number of carbonyl (C=O) groups is 2. The van der Waals surface area contributed by atoms with E-state index in [4.69, 9.17) is 4.74 Å². The van der Waals surface area contributed by atoms with Gasteiger partial charge in [-0.1, -0.05) is 6.58 Å². The Morgan fingerprint density at radius 1 is 1.41 bits per heavy atom. The predicted molar refractivity (Wildman–Crippen MR) is 63.2 cm³/mol. The van der Waals surface area contributed by atoms with E-state index in [2.05, 4.69) is 11.9 Å². The topological polar surface area (TPSA) is 55.4 Å². The van der Waals surface area contributed by atoms with Crippen LogP contribution in [0.25, 0.3) is 0 Å². The SMILES string of the molecule is C=CC(=O)OCCNC(=O)C12CCC(CC1)C2. The van der Waals surface area contributed by atoms with Gasteiger partial charge in [-0.15, -0.1) is 0 Å². The molecule has 2 saturated carbocycles. The molecule has 0 saturated heterocycles. The van der Waals surface area contributed by atoms with Gasteiger partial charge in [0.05, 0.1) is 6.54 Å². The summed E-state index contributed by atoms with van der Waals surface area (Å²) in [5.74, 6) is 0.464. The summed E-state index contributed by atoms with van der Waals surface area (Å²) in [6.45, 7) is 3.92. The molecule has 1 N–H and O–H groups in total. The van der Waals surface area contributed by atoms with Gasteiger partial charge in [0.2, 0.25) is 5.91 Å². The van der Waals surface area contributed by atoms with Crippen LogP contribution in [0.5, 0.6) is 0 Å². The van der Waals surface area contributed by atoms with Crippen molar-refractivity contribution >= 4 is 11.9 Å². The monoisotopic (exact) mass is 237 g/mol. The molecule has 4 heteroatoms. The highest BCUT2D eigenvalue weighted by molar-refractivity contribution is 5.83. The van der Waals surface area contributed by atoms with Crippen LogP contribution in [0.4, 0.5) is 0 Å². The minimum atomic E-state index is -0.445. The van der Waals surface area contributed by atoms with Gasteiger partial charge in [-0.2, -0.15) is 0 Å². The summed E-state index contributed by atoms with van der Waals surface area (Å²) in [7, 11) is 0. The predicted octanol–water partition coefficient (Wildman–Crippen LogP) is 1.41. The molecule has 4 nitrogen and oxygen atoms in total. The highest BCUT2D eigenvalue weighted by atomic mass is 16.5. The van der Waals surface area contributed by atoms with Crippen molar-refractivity contribution in [3.63, 3.8) is 0 Å². The second kappa shape index (κ2) is 4.90. The van der Waals surface area contributed by atoms with Gasteiger partial charge in [-0.05, 0) is 38.0 Å². The molecule has 0 aromatic rings. The summed E-state index contributed by atoms with van der Waals surface area (Å²) in [6, 6.07) is 0. The summed E-state index contributed by atoms with van der Waals surface area (Å²) in [5, 5.41) is 2.87. The average molecular weight is 237 g/mol. The third kappa shape index (κ3) is 2.51. The number of rotatable bonds is 5. The van der Waals surface area contributed by atoms with E-state index in [1.54, 1.807) is 0 Å². The normalized spacial score (nSPS) is 30.0. The highest BCUT2D eigenvalue weighted by Gasteiger charge is 2.49. The van der Waals surface area contributed by atoms with Crippen molar-refractivity contribution in [2.45, 2.75) is 32.1 Å². The highest BCUT2D eigenvalue weighted by Crippen LogP contribution is 2.54. The van der Waals surface area contributed by atoms with E-state index in [0.717, 1.165) is 31.3 Å². The quantitative estimate of drug-likeness (QED) is 0.447. The Hall–Kier alpha value is -1.32. The lowest BCUT2D eigenvalue weighted by atomic mass is 9.83. The van der Waals surface area contributed by atoms with Crippen LogP contribution in [0.15, 0.2) is 12.7 Å². The van der Waals surface area contributed by atoms with Crippen LogP contribution in [-0.4, -0.2) is 25.0 Å². The second-order valence-electron chi connectivity index (χ2n) is 5.06. The lowest BCUT2D eigenvalue weighted by molar-refractivity contribution is -0.139. The van der Waals surface area contributed by atoms with Gasteiger partial charge in [0.15, 0.2) is 0 Å². The van der Waals surface area contributed by atoms with Gasteiger partial charge >= 0.3 is 5.97 Å². The Balaban J connectivity index is 1.71. The van der Waals surface area contributed by atoms with Crippen molar-refractivity contribution in [1.82, 2.24) is 5.32 Å². The van der Waals surface area contributed by atoms with E-state index in [9.17, 15) is 9.59 Å². The molecule has 0 aliphatic heterocycles. The molecular formula is C13H19NO3. The molecule has 2 aliphatic carbocycles. The zero-order chi connectivity index (χ0) is 12.3. The van der Waals surface area contributed by atoms with E-state index in [-0.39, 0.29) is 17.9 Å². The molecule has 1 amide bonds. The van der Waals surface area contributed by atoms with Crippen molar-refractivity contribution < 1.29 is 14.3 Å². The molecule has 0 radical (unpaired) electrons. The maximum absolute atomic E-state index is 12.1. The van der Waals surface area contributed by atoms with E-state index in [1.807, 2.05) is 0 Å². The molecule has 94 valence electrons. The van der Waals surface area contributed by atoms with Crippen LogP contribution in [0, 0.1) is 11.3 Å². The van der Waals surface area contributed by atoms with E-state index < -0.39 is 5.97 Å². The molecule has 0 atom stereocenters. The third-order valence-corrected chi connectivity index (χ3v) is 4.02. The number of hydrogen-bond donors (Lipinski definition) is 1. The summed E-state index contributed by atoms with van der Waals surface area (Å²) < 4.78 is 4.81. The Bertz CT molecular complexity index is 330. The van der Waals surface area contributed by atoms with Crippen LogP contribution < -0.4 is 5.32 Å². The van der Waals surface area contributed by atoms with Crippen LogP contribution in [0.2, 0.25) is 0 Å². The first kappa shape index (κ1) is 12.1. The molecule has 0 spiro atoms. The maximum atomic E-state index is 12.1. The Labute approximate surface area is 101 Å². The Morgan fingerprint density at radius 3 is 2.65 bits per heavy atom. The van der Waals surface area contributed by atoms with Gasteiger partial charge in [0.1, 0.15) is 6.61 Å². The first-order valence-electron chi connectivity index (χ1n) is 6.24. The van der Waals surface area contributed by atoms with Crippen molar-refractivity contribution in [1.29, 1.82) is 0 Å². The number of amides is 1. The molecular weight excluding hydrogens is 218 g/mol. The third-order valence-electron chi connectivity index (χ3n) is 4.02. The molecule has 17 heavy (non-hydrogen) atoms. The van der Waals surface area contributed by atoms with Gasteiger partial charge in [0.25, 0.3) is 0 Å². The molecule has 0 unspecified atom stereocenters. The molecule has 2 aliphatic rings. The molecule has 0 aromatic heterocycles. The van der Waals surface area contributed by atoms with Crippen LogP contribution in [0.3, 0.4) is 0 Å². The molecule has 2 rings (SSSR count). The standard InChI is InChI=1S/C13H19NO3/c1-2-11(15)17-8-7-14-12(16)13-5-3-10(9-13)4-6-13/h2,10H,1,3-9H2,(H,14,16). The lowest BCUT2D eigenvalue weighted by Crippen LogP contribution is -2.39. The van der Waals surface area contributed by atoms with Crippen molar-refractivity contribution in [3.8, 4) is 0 Å². The van der Waals surface area contributed by atoms with Crippen molar-refractivity contribution in [3.05, 3.63) is 12.7 Å². The molecule has 2 fully saturated rings. The molecule has 2 bridgehead atoms. The number of fused-ring (bicyclic) bond motifs is 2. The zero-order valence-electron chi connectivity index (χ0n) is 10.0. The largest absolute Gasteiger partial charge is 0.461 e. The first-order chi connectivity index (χ1) is 8.16. The van der Waals surface area contributed by atoms with Gasteiger partial charge in [-0.3, -0.25) is 4.79 Å². The second-order valence-corrected chi connectivity index (χ2v) is 5.06.